The second kappa shape index (κ2) is 9.98. The summed E-state index contributed by atoms with van der Waals surface area (Å²) in [4.78, 5) is 32.6. The zero-order chi connectivity index (χ0) is 26.0. The average molecular weight is 500 g/mol. The lowest BCUT2D eigenvalue weighted by molar-refractivity contribution is 0.0634. The molecule has 3 heterocycles. The summed E-state index contributed by atoms with van der Waals surface area (Å²) in [6, 6.07) is 13.9. The summed E-state index contributed by atoms with van der Waals surface area (Å²) in [5.74, 6) is 1.46. The number of carbonyl (C=O) groups is 1. The molecule has 2 aromatic carbocycles. The fourth-order valence-electron chi connectivity index (χ4n) is 4.06. The minimum absolute atomic E-state index is 0.135. The van der Waals surface area contributed by atoms with Gasteiger partial charge in [-0.1, -0.05) is 18.2 Å². The molecule has 0 unspecified atom stereocenters. The summed E-state index contributed by atoms with van der Waals surface area (Å²) < 4.78 is 10.8. The summed E-state index contributed by atoms with van der Waals surface area (Å²) in [7, 11) is 0. The number of carbonyl (C=O) groups excluding carboxylic acids is 1. The molecule has 37 heavy (non-hydrogen) atoms. The third kappa shape index (κ3) is 5.75. The molecule has 5 rings (SSSR count). The number of hydrogen-bond acceptors (Lipinski definition) is 9. The van der Waals surface area contributed by atoms with Crippen LogP contribution in [0.25, 0.3) is 33.4 Å². The van der Waals surface area contributed by atoms with E-state index in [4.69, 9.17) is 25.2 Å². The normalized spacial score (nSPS) is 14.0. The number of anilines is 3. The van der Waals surface area contributed by atoms with Crippen molar-refractivity contribution in [3.63, 3.8) is 0 Å². The number of benzene rings is 2. The summed E-state index contributed by atoms with van der Waals surface area (Å²) in [5, 5.41) is 3.49. The second-order valence-electron chi connectivity index (χ2n) is 9.75. The number of nitrogens with one attached hydrogen (secondary N) is 1. The van der Waals surface area contributed by atoms with E-state index in [-0.39, 0.29) is 5.95 Å². The largest absolute Gasteiger partial charge is 0.444 e. The quantitative estimate of drug-likeness (QED) is 0.389. The highest BCUT2D eigenvalue weighted by Gasteiger charge is 2.20. The monoisotopic (exact) mass is 499 g/mol. The van der Waals surface area contributed by atoms with E-state index in [1.165, 1.54) is 0 Å². The summed E-state index contributed by atoms with van der Waals surface area (Å²) >= 11 is 0. The highest BCUT2D eigenvalue weighted by Crippen LogP contribution is 2.32. The van der Waals surface area contributed by atoms with Gasteiger partial charge in [0.15, 0.2) is 5.82 Å². The zero-order valence-corrected chi connectivity index (χ0v) is 21.1. The summed E-state index contributed by atoms with van der Waals surface area (Å²) in [6.45, 7) is 8.11. The zero-order valence-electron chi connectivity index (χ0n) is 21.1. The number of morpholine rings is 1. The molecule has 190 valence electrons. The Morgan fingerprint density at radius 1 is 1.00 bits per heavy atom. The van der Waals surface area contributed by atoms with Crippen molar-refractivity contribution in [2.24, 2.45) is 0 Å². The standard InChI is InChI=1S/C27H29N7O3/c1-27(2,3)37-26(35)33-25-29-15-19(16-30-25)23-31-22-14-18(17-5-4-6-20(28)13-17)7-8-21(22)24(32-23)34-9-11-36-12-10-34/h4-8,13-16H,9-12,28H2,1-3H3,(H,29,30,33,35). The van der Waals surface area contributed by atoms with E-state index in [0.717, 1.165) is 40.9 Å². The molecule has 4 aromatic rings. The van der Waals surface area contributed by atoms with Gasteiger partial charge in [0.2, 0.25) is 5.95 Å². The van der Waals surface area contributed by atoms with Crippen LogP contribution in [-0.2, 0) is 9.47 Å². The average Bonchev–Trinajstić information content (AvgIpc) is 2.87. The Hall–Kier alpha value is -4.31. The Labute approximate surface area is 214 Å². The third-order valence-electron chi connectivity index (χ3n) is 5.73. The molecule has 10 nitrogen and oxygen atoms in total. The molecule has 1 aliphatic heterocycles. The van der Waals surface area contributed by atoms with Crippen LogP contribution in [0.5, 0.6) is 0 Å². The van der Waals surface area contributed by atoms with Gasteiger partial charge in [0, 0.05) is 36.6 Å². The van der Waals surface area contributed by atoms with Gasteiger partial charge < -0.3 is 20.1 Å². The predicted octanol–water partition coefficient (Wildman–Crippen LogP) is 4.52. The lowest BCUT2D eigenvalue weighted by Crippen LogP contribution is -2.37. The van der Waals surface area contributed by atoms with Crippen molar-refractivity contribution >= 4 is 34.4 Å². The molecular weight excluding hydrogens is 470 g/mol. The van der Waals surface area contributed by atoms with Crippen molar-refractivity contribution in [1.29, 1.82) is 0 Å². The molecular formula is C27H29N7O3. The number of ether oxygens (including phenoxy) is 2. The van der Waals surface area contributed by atoms with E-state index >= 15 is 0 Å². The Morgan fingerprint density at radius 3 is 2.43 bits per heavy atom. The van der Waals surface area contributed by atoms with Crippen LogP contribution in [0.1, 0.15) is 20.8 Å². The van der Waals surface area contributed by atoms with Crippen molar-refractivity contribution in [2.45, 2.75) is 26.4 Å². The molecule has 10 heteroatoms. The summed E-state index contributed by atoms with van der Waals surface area (Å²) in [5.41, 5.74) is 9.52. The second-order valence-corrected chi connectivity index (χ2v) is 9.75. The number of nitrogens with zero attached hydrogens (tertiary/aromatic N) is 5. The summed E-state index contributed by atoms with van der Waals surface area (Å²) in [6.07, 6.45) is 2.56. The number of aromatic nitrogens is 4. The first-order chi connectivity index (χ1) is 17.7. The van der Waals surface area contributed by atoms with Gasteiger partial charge in [0.05, 0.1) is 24.3 Å². The van der Waals surface area contributed by atoms with Crippen molar-refractivity contribution in [1.82, 2.24) is 19.9 Å². The van der Waals surface area contributed by atoms with E-state index in [1.807, 2.05) is 36.4 Å². The molecule has 3 N–H and O–H groups in total. The van der Waals surface area contributed by atoms with Crippen LogP contribution in [0.3, 0.4) is 0 Å². The SMILES string of the molecule is CC(C)(C)OC(=O)Nc1ncc(-c2nc(N3CCOCC3)c3ccc(-c4cccc(N)c4)cc3n2)cn1. The number of amides is 1. The van der Waals surface area contributed by atoms with Crippen LogP contribution in [0.15, 0.2) is 54.9 Å². The molecule has 1 aliphatic rings. The highest BCUT2D eigenvalue weighted by atomic mass is 16.6. The minimum atomic E-state index is -0.622. The fraction of sp³-hybridized carbons (Fsp3) is 0.296. The molecule has 1 fully saturated rings. The maximum atomic E-state index is 12.1. The van der Waals surface area contributed by atoms with Gasteiger partial charge in [-0.05, 0) is 56.2 Å². The Kier molecular flexibility index (Phi) is 6.58. The molecule has 0 spiro atoms. The van der Waals surface area contributed by atoms with Crippen LogP contribution >= 0.6 is 0 Å². The van der Waals surface area contributed by atoms with Gasteiger partial charge in [-0.15, -0.1) is 0 Å². The lowest BCUT2D eigenvalue weighted by atomic mass is 10.0. The Bertz CT molecular complexity index is 1430. The van der Waals surface area contributed by atoms with Crippen LogP contribution < -0.4 is 16.0 Å². The minimum Gasteiger partial charge on any atom is -0.444 e. The van der Waals surface area contributed by atoms with Gasteiger partial charge in [0.25, 0.3) is 0 Å². The predicted molar refractivity (Wildman–Crippen MR) is 143 cm³/mol. The first-order valence-electron chi connectivity index (χ1n) is 12.1. The number of rotatable bonds is 4. The molecule has 0 atom stereocenters. The first-order valence-corrected chi connectivity index (χ1v) is 12.1. The first kappa shape index (κ1) is 24.4. The van der Waals surface area contributed by atoms with Crippen LogP contribution in [0, 0.1) is 0 Å². The third-order valence-corrected chi connectivity index (χ3v) is 5.73. The van der Waals surface area contributed by atoms with Gasteiger partial charge in [-0.2, -0.15) is 0 Å². The number of nitrogens with two attached hydrogens (primary N) is 1. The molecule has 1 amide bonds. The van der Waals surface area contributed by atoms with Crippen LogP contribution in [0.2, 0.25) is 0 Å². The topological polar surface area (TPSA) is 128 Å². The maximum absolute atomic E-state index is 12.1. The smallest absolute Gasteiger partial charge is 0.414 e. The van der Waals surface area contributed by atoms with E-state index < -0.39 is 11.7 Å². The van der Waals surface area contributed by atoms with Crippen LogP contribution in [-0.4, -0.2) is 57.9 Å². The molecule has 0 radical (unpaired) electrons. The molecule has 2 aromatic heterocycles. The highest BCUT2D eigenvalue weighted by molar-refractivity contribution is 5.94. The van der Waals surface area contributed by atoms with E-state index in [1.54, 1.807) is 33.2 Å². The maximum Gasteiger partial charge on any atom is 0.414 e. The molecule has 0 saturated carbocycles. The van der Waals surface area contributed by atoms with Crippen molar-refractivity contribution in [3.8, 4) is 22.5 Å². The number of fused-ring (bicyclic) bond motifs is 1. The van der Waals surface area contributed by atoms with E-state index in [0.29, 0.717) is 30.3 Å². The van der Waals surface area contributed by atoms with Crippen molar-refractivity contribution in [2.75, 3.05) is 42.3 Å². The van der Waals surface area contributed by atoms with Gasteiger partial charge in [0.1, 0.15) is 11.4 Å². The number of nitrogen functional groups attached to an aromatic ring is 1. The van der Waals surface area contributed by atoms with Gasteiger partial charge in [-0.3, -0.25) is 5.32 Å². The van der Waals surface area contributed by atoms with Crippen molar-refractivity contribution in [3.05, 3.63) is 54.9 Å². The van der Waals surface area contributed by atoms with Crippen LogP contribution in [0.4, 0.5) is 22.2 Å². The molecule has 0 aliphatic carbocycles. The lowest BCUT2D eigenvalue weighted by Gasteiger charge is -2.29. The van der Waals surface area contributed by atoms with E-state index in [9.17, 15) is 4.79 Å². The number of hydrogen-bond donors (Lipinski definition) is 2. The Balaban J connectivity index is 1.52. The van der Waals surface area contributed by atoms with E-state index in [2.05, 4.69) is 26.3 Å². The molecule has 1 saturated heterocycles. The van der Waals surface area contributed by atoms with Gasteiger partial charge in [-0.25, -0.2) is 24.7 Å². The Morgan fingerprint density at radius 2 is 1.73 bits per heavy atom. The van der Waals surface area contributed by atoms with Gasteiger partial charge >= 0.3 is 6.09 Å². The molecule has 0 bridgehead atoms. The fourth-order valence-corrected chi connectivity index (χ4v) is 4.06. The van der Waals surface area contributed by atoms with Crippen molar-refractivity contribution < 1.29 is 14.3 Å².